The Balaban J connectivity index is 2.09. The fourth-order valence-electron chi connectivity index (χ4n) is 1.90. The molecule has 1 atom stereocenters. The van der Waals surface area contributed by atoms with Crippen LogP contribution < -0.4 is 0 Å². The van der Waals surface area contributed by atoms with Gasteiger partial charge in [-0.05, 0) is 24.8 Å². The first-order valence-electron chi connectivity index (χ1n) is 6.90. The van der Waals surface area contributed by atoms with Crippen molar-refractivity contribution in [1.82, 2.24) is 0 Å². The summed E-state index contributed by atoms with van der Waals surface area (Å²) in [7, 11) is 1.36. The van der Waals surface area contributed by atoms with Crippen LogP contribution in [0.3, 0.4) is 0 Å². The molecular weight excluding hydrogens is 256 g/mol. The summed E-state index contributed by atoms with van der Waals surface area (Å²) in [5.41, 5.74) is 1.14. The molecule has 0 aliphatic carbocycles. The van der Waals surface area contributed by atoms with Gasteiger partial charge in [0, 0.05) is 18.9 Å². The fraction of sp³-hybridized carbons (Fsp3) is 0.500. The third kappa shape index (κ3) is 7.04. The Labute approximate surface area is 120 Å². The summed E-state index contributed by atoms with van der Waals surface area (Å²) in [4.78, 5) is 21.9. The predicted octanol–water partition coefficient (Wildman–Crippen LogP) is 2.75. The number of benzene rings is 1. The number of carbonyl (C=O) groups excluding carboxylic acids is 2. The molecule has 0 saturated heterocycles. The van der Waals surface area contributed by atoms with E-state index >= 15 is 0 Å². The zero-order valence-corrected chi connectivity index (χ0v) is 11.9. The second-order valence-electron chi connectivity index (χ2n) is 4.69. The average Bonchev–Trinajstić information content (AvgIpc) is 2.50. The molecule has 0 aliphatic heterocycles. The first-order chi connectivity index (χ1) is 9.76. The normalized spacial score (nSPS) is 11.8. The van der Waals surface area contributed by atoms with Crippen LogP contribution in [-0.2, 0) is 25.7 Å². The van der Waals surface area contributed by atoms with Crippen LogP contribution in [0.1, 0.15) is 31.2 Å². The number of hydrogen-bond acceptors (Lipinski definition) is 4. The Morgan fingerprint density at radius 3 is 2.65 bits per heavy atom. The standard InChI is InChI=1S/C16H22O4/c1-19-16(18)10-9-14(12-17)8-5-11-20-13-15-6-3-2-4-7-15/h2-4,6-7,12,14H,5,8-11,13H2,1H3/t14-/m1/s1. The summed E-state index contributed by atoms with van der Waals surface area (Å²) in [5, 5.41) is 0. The Morgan fingerprint density at radius 2 is 2.00 bits per heavy atom. The number of hydrogen-bond donors (Lipinski definition) is 0. The largest absolute Gasteiger partial charge is 0.469 e. The fourth-order valence-corrected chi connectivity index (χ4v) is 1.90. The van der Waals surface area contributed by atoms with Crippen LogP contribution in [0, 0.1) is 5.92 Å². The summed E-state index contributed by atoms with van der Waals surface area (Å²) >= 11 is 0. The third-order valence-corrected chi connectivity index (χ3v) is 3.11. The quantitative estimate of drug-likeness (QED) is 0.375. The van der Waals surface area contributed by atoms with E-state index < -0.39 is 0 Å². The molecule has 4 nitrogen and oxygen atoms in total. The topological polar surface area (TPSA) is 52.6 Å². The predicted molar refractivity (Wildman–Crippen MR) is 76.1 cm³/mol. The van der Waals surface area contributed by atoms with E-state index in [1.165, 1.54) is 7.11 Å². The van der Waals surface area contributed by atoms with Gasteiger partial charge in [-0.1, -0.05) is 30.3 Å². The molecule has 0 radical (unpaired) electrons. The van der Waals surface area contributed by atoms with Crippen molar-refractivity contribution >= 4 is 12.3 Å². The van der Waals surface area contributed by atoms with Crippen LogP contribution in [-0.4, -0.2) is 26.0 Å². The average molecular weight is 278 g/mol. The minimum atomic E-state index is -0.267. The maximum Gasteiger partial charge on any atom is 0.305 e. The monoisotopic (exact) mass is 278 g/mol. The maximum absolute atomic E-state index is 11.0. The van der Waals surface area contributed by atoms with Crippen molar-refractivity contribution < 1.29 is 19.1 Å². The van der Waals surface area contributed by atoms with Crippen molar-refractivity contribution in [2.24, 2.45) is 5.92 Å². The van der Waals surface area contributed by atoms with Gasteiger partial charge in [0.15, 0.2) is 0 Å². The molecule has 0 heterocycles. The van der Waals surface area contributed by atoms with E-state index in [0.717, 1.165) is 24.7 Å². The summed E-state index contributed by atoms with van der Waals surface area (Å²) in [6.45, 7) is 1.21. The van der Waals surface area contributed by atoms with Gasteiger partial charge in [0.05, 0.1) is 13.7 Å². The number of methoxy groups -OCH3 is 1. The lowest BCUT2D eigenvalue weighted by Gasteiger charge is -2.09. The molecular formula is C16H22O4. The van der Waals surface area contributed by atoms with Crippen LogP contribution in [0.25, 0.3) is 0 Å². The summed E-state index contributed by atoms with van der Waals surface area (Å²) in [5.74, 6) is -0.355. The summed E-state index contributed by atoms with van der Waals surface area (Å²) in [6.07, 6.45) is 3.33. The molecule has 0 unspecified atom stereocenters. The van der Waals surface area contributed by atoms with Crippen molar-refractivity contribution in [3.63, 3.8) is 0 Å². The molecule has 0 amide bonds. The molecule has 0 aromatic heterocycles. The molecule has 0 spiro atoms. The Kier molecular flexibility index (Phi) is 8.31. The first kappa shape index (κ1) is 16.4. The van der Waals surface area contributed by atoms with Crippen LogP contribution in [0.4, 0.5) is 0 Å². The summed E-state index contributed by atoms with van der Waals surface area (Å²) in [6, 6.07) is 9.97. The van der Waals surface area contributed by atoms with Gasteiger partial charge in [-0.3, -0.25) is 4.79 Å². The smallest absolute Gasteiger partial charge is 0.305 e. The van der Waals surface area contributed by atoms with Crippen LogP contribution in [0.15, 0.2) is 30.3 Å². The molecule has 110 valence electrons. The second kappa shape index (κ2) is 10.1. The SMILES string of the molecule is COC(=O)CC[C@H](C=O)CCCOCc1ccccc1. The highest BCUT2D eigenvalue weighted by molar-refractivity contribution is 5.69. The number of aldehydes is 1. The zero-order valence-electron chi connectivity index (χ0n) is 11.9. The van der Waals surface area contributed by atoms with Crippen molar-refractivity contribution in [3.05, 3.63) is 35.9 Å². The van der Waals surface area contributed by atoms with Gasteiger partial charge in [-0.2, -0.15) is 0 Å². The van der Waals surface area contributed by atoms with Gasteiger partial charge < -0.3 is 14.3 Å². The minimum absolute atomic E-state index is 0.0885. The van der Waals surface area contributed by atoms with Crippen molar-refractivity contribution in [3.8, 4) is 0 Å². The molecule has 0 bridgehead atoms. The molecule has 0 aliphatic rings. The van der Waals surface area contributed by atoms with Gasteiger partial charge in [0.1, 0.15) is 6.29 Å². The van der Waals surface area contributed by atoms with E-state index in [2.05, 4.69) is 4.74 Å². The molecule has 0 saturated carbocycles. The number of esters is 1. The molecule has 1 aromatic carbocycles. The molecule has 1 rings (SSSR count). The van der Waals surface area contributed by atoms with Crippen LogP contribution >= 0.6 is 0 Å². The lowest BCUT2D eigenvalue weighted by atomic mass is 9.99. The van der Waals surface area contributed by atoms with Crippen LogP contribution in [0.2, 0.25) is 0 Å². The van der Waals surface area contributed by atoms with E-state index in [-0.39, 0.29) is 11.9 Å². The van der Waals surface area contributed by atoms with Gasteiger partial charge in [0.25, 0.3) is 0 Å². The van der Waals surface area contributed by atoms with E-state index in [1.54, 1.807) is 0 Å². The van der Waals surface area contributed by atoms with Crippen molar-refractivity contribution in [2.75, 3.05) is 13.7 Å². The number of ether oxygens (including phenoxy) is 2. The molecule has 0 fully saturated rings. The number of carbonyl (C=O) groups is 2. The van der Waals surface area contributed by atoms with Crippen LogP contribution in [0.5, 0.6) is 0 Å². The molecule has 0 N–H and O–H groups in total. The highest BCUT2D eigenvalue weighted by Gasteiger charge is 2.10. The highest BCUT2D eigenvalue weighted by atomic mass is 16.5. The lowest BCUT2D eigenvalue weighted by molar-refractivity contribution is -0.140. The van der Waals surface area contributed by atoms with E-state index in [1.807, 2.05) is 30.3 Å². The molecule has 20 heavy (non-hydrogen) atoms. The van der Waals surface area contributed by atoms with Gasteiger partial charge in [-0.25, -0.2) is 0 Å². The zero-order chi connectivity index (χ0) is 14.6. The first-order valence-corrected chi connectivity index (χ1v) is 6.90. The third-order valence-electron chi connectivity index (χ3n) is 3.11. The van der Waals surface area contributed by atoms with Gasteiger partial charge in [-0.15, -0.1) is 0 Å². The van der Waals surface area contributed by atoms with E-state index in [0.29, 0.717) is 26.1 Å². The Morgan fingerprint density at radius 1 is 1.25 bits per heavy atom. The maximum atomic E-state index is 11.0. The number of rotatable bonds is 10. The van der Waals surface area contributed by atoms with Gasteiger partial charge in [0.2, 0.25) is 0 Å². The van der Waals surface area contributed by atoms with Crippen molar-refractivity contribution in [2.45, 2.75) is 32.3 Å². The Hall–Kier alpha value is -1.68. The summed E-state index contributed by atoms with van der Waals surface area (Å²) < 4.78 is 10.1. The van der Waals surface area contributed by atoms with E-state index in [9.17, 15) is 9.59 Å². The van der Waals surface area contributed by atoms with Gasteiger partial charge >= 0.3 is 5.97 Å². The Bertz CT molecular complexity index is 389. The minimum Gasteiger partial charge on any atom is -0.469 e. The molecule has 4 heteroatoms. The van der Waals surface area contributed by atoms with E-state index in [4.69, 9.17) is 4.74 Å². The lowest BCUT2D eigenvalue weighted by Crippen LogP contribution is -2.08. The van der Waals surface area contributed by atoms with Crippen molar-refractivity contribution in [1.29, 1.82) is 0 Å². The molecule has 1 aromatic rings. The highest BCUT2D eigenvalue weighted by Crippen LogP contribution is 2.12. The second-order valence-corrected chi connectivity index (χ2v) is 4.69.